The highest BCUT2D eigenvalue weighted by Crippen LogP contribution is 2.23. The van der Waals surface area contributed by atoms with E-state index in [2.05, 4.69) is 15.5 Å². The number of anilines is 1. The topological polar surface area (TPSA) is 142 Å². The van der Waals surface area contributed by atoms with Crippen molar-refractivity contribution in [3.63, 3.8) is 0 Å². The summed E-state index contributed by atoms with van der Waals surface area (Å²) in [4.78, 5) is 41.4. The third-order valence-electron chi connectivity index (χ3n) is 5.87. The molecule has 1 unspecified atom stereocenters. The van der Waals surface area contributed by atoms with Crippen molar-refractivity contribution in [3.05, 3.63) is 92.0 Å². The first kappa shape index (κ1) is 23.7. The van der Waals surface area contributed by atoms with Gasteiger partial charge in [-0.1, -0.05) is 30.3 Å². The molecule has 1 aliphatic heterocycles. The third kappa shape index (κ3) is 5.40. The Morgan fingerprint density at radius 3 is 2.57 bits per heavy atom. The van der Waals surface area contributed by atoms with Crippen molar-refractivity contribution >= 4 is 29.2 Å². The van der Waals surface area contributed by atoms with Gasteiger partial charge in [-0.3, -0.25) is 14.7 Å². The zero-order valence-electron chi connectivity index (χ0n) is 19.6. The second-order valence-electron chi connectivity index (χ2n) is 8.33. The lowest BCUT2D eigenvalue weighted by atomic mass is 9.99. The van der Waals surface area contributed by atoms with Gasteiger partial charge in [-0.25, -0.2) is 9.79 Å². The number of aromatic amines is 2. The highest BCUT2D eigenvalue weighted by molar-refractivity contribution is 5.86. The van der Waals surface area contributed by atoms with Crippen molar-refractivity contribution in [1.82, 2.24) is 15.5 Å². The van der Waals surface area contributed by atoms with Crippen LogP contribution in [0.5, 0.6) is 0 Å². The Bertz CT molecular complexity index is 1460. The van der Waals surface area contributed by atoms with Crippen LogP contribution in [-0.4, -0.2) is 35.2 Å². The number of ether oxygens (including phenoxy) is 1. The van der Waals surface area contributed by atoms with E-state index >= 15 is 0 Å². The number of amides is 1. The molecule has 9 heteroatoms. The molecule has 2 aromatic carbocycles. The Labute approximate surface area is 201 Å². The van der Waals surface area contributed by atoms with E-state index in [1.807, 2.05) is 48.5 Å². The lowest BCUT2D eigenvalue weighted by molar-refractivity contribution is -0.144. The molecule has 0 bridgehead atoms. The maximum Gasteiger partial charge on any atom is 0.328 e. The average molecular weight is 474 g/mol. The summed E-state index contributed by atoms with van der Waals surface area (Å²) in [6.07, 6.45) is 3.21. The zero-order chi connectivity index (χ0) is 24.9. The summed E-state index contributed by atoms with van der Waals surface area (Å²) in [6.45, 7) is 1.34. The summed E-state index contributed by atoms with van der Waals surface area (Å²) in [7, 11) is 1.28. The van der Waals surface area contributed by atoms with Crippen molar-refractivity contribution in [1.29, 1.82) is 0 Å². The Balaban J connectivity index is 1.69. The van der Waals surface area contributed by atoms with Crippen molar-refractivity contribution in [2.75, 3.05) is 12.8 Å². The van der Waals surface area contributed by atoms with Gasteiger partial charge in [0.1, 0.15) is 6.04 Å². The Morgan fingerprint density at radius 2 is 1.86 bits per heavy atom. The predicted molar refractivity (Wildman–Crippen MR) is 133 cm³/mol. The Hall–Kier alpha value is -4.40. The first-order valence-electron chi connectivity index (χ1n) is 11.2. The molecule has 0 saturated heterocycles. The predicted octanol–water partition coefficient (Wildman–Crippen LogP) is 0.963. The SMILES string of the molecule is COC(=O)C(CC1=c2ccccc2=NC1=Cc1c(CCc2ccc(N)cc2)[nH][nH]c1=O)NC(C)=O. The zero-order valence-corrected chi connectivity index (χ0v) is 19.6. The fourth-order valence-corrected chi connectivity index (χ4v) is 4.12. The summed E-state index contributed by atoms with van der Waals surface area (Å²) < 4.78 is 4.89. The highest BCUT2D eigenvalue weighted by Gasteiger charge is 2.25. The molecule has 1 aromatic heterocycles. The first-order valence-corrected chi connectivity index (χ1v) is 11.2. The molecule has 180 valence electrons. The quantitative estimate of drug-likeness (QED) is 0.285. The highest BCUT2D eigenvalue weighted by atomic mass is 16.5. The molecule has 1 amide bonds. The number of rotatable bonds is 8. The number of esters is 1. The minimum Gasteiger partial charge on any atom is -0.467 e. The molecule has 1 atom stereocenters. The molecule has 9 nitrogen and oxygen atoms in total. The van der Waals surface area contributed by atoms with Crippen LogP contribution in [0, 0.1) is 0 Å². The summed E-state index contributed by atoms with van der Waals surface area (Å²) >= 11 is 0. The maximum atomic E-state index is 12.7. The van der Waals surface area contributed by atoms with E-state index in [1.165, 1.54) is 14.0 Å². The lowest BCUT2D eigenvalue weighted by Crippen LogP contribution is -2.41. The number of nitrogens with zero attached hydrogens (tertiary/aromatic N) is 1. The molecule has 0 fully saturated rings. The Kier molecular flexibility index (Phi) is 6.96. The van der Waals surface area contributed by atoms with E-state index in [1.54, 1.807) is 6.08 Å². The van der Waals surface area contributed by atoms with E-state index in [9.17, 15) is 14.4 Å². The summed E-state index contributed by atoms with van der Waals surface area (Å²) in [5.41, 5.74) is 9.82. The number of aryl methyl sites for hydroxylation is 2. The van der Waals surface area contributed by atoms with Gasteiger partial charge in [-0.15, -0.1) is 0 Å². The smallest absolute Gasteiger partial charge is 0.328 e. The Morgan fingerprint density at radius 1 is 1.11 bits per heavy atom. The van der Waals surface area contributed by atoms with E-state index in [0.29, 0.717) is 29.8 Å². The minimum atomic E-state index is -0.883. The van der Waals surface area contributed by atoms with Crippen LogP contribution >= 0.6 is 0 Å². The average Bonchev–Trinajstić information content (AvgIpc) is 3.37. The van der Waals surface area contributed by atoms with Crippen LogP contribution in [0.4, 0.5) is 5.69 Å². The second kappa shape index (κ2) is 10.3. The van der Waals surface area contributed by atoms with E-state index < -0.39 is 12.0 Å². The van der Waals surface area contributed by atoms with Gasteiger partial charge in [0, 0.05) is 29.9 Å². The number of nitrogens with two attached hydrogens (primary N) is 1. The van der Waals surface area contributed by atoms with Gasteiger partial charge in [0.2, 0.25) is 5.91 Å². The number of allylic oxidation sites excluding steroid dienone is 1. The molecule has 5 N–H and O–H groups in total. The van der Waals surface area contributed by atoms with Crippen LogP contribution in [0.15, 0.2) is 64.0 Å². The third-order valence-corrected chi connectivity index (χ3v) is 5.87. The molecule has 35 heavy (non-hydrogen) atoms. The van der Waals surface area contributed by atoms with Crippen LogP contribution in [0.1, 0.15) is 30.2 Å². The van der Waals surface area contributed by atoms with Crippen LogP contribution in [0.3, 0.4) is 0 Å². The molecular weight excluding hydrogens is 446 g/mol. The molecule has 0 saturated carbocycles. The van der Waals surface area contributed by atoms with Gasteiger partial charge in [0.05, 0.1) is 23.7 Å². The molecular formula is C26H27N5O4. The van der Waals surface area contributed by atoms with Crippen molar-refractivity contribution in [2.24, 2.45) is 4.99 Å². The number of nitrogens with one attached hydrogen (secondary N) is 3. The fraction of sp³-hybridized carbons (Fsp3) is 0.231. The lowest BCUT2D eigenvalue weighted by Gasteiger charge is -2.16. The fourth-order valence-electron chi connectivity index (χ4n) is 4.12. The van der Waals surface area contributed by atoms with E-state index in [0.717, 1.165) is 27.4 Å². The number of H-pyrrole nitrogens is 2. The number of benzene rings is 2. The summed E-state index contributed by atoms with van der Waals surface area (Å²) in [5.74, 6) is -0.901. The van der Waals surface area contributed by atoms with Gasteiger partial charge in [0.15, 0.2) is 0 Å². The number of fused-ring (bicyclic) bond motifs is 1. The van der Waals surface area contributed by atoms with Crippen LogP contribution in [0.2, 0.25) is 0 Å². The monoisotopic (exact) mass is 473 g/mol. The molecule has 1 aliphatic rings. The van der Waals surface area contributed by atoms with E-state index in [4.69, 9.17) is 15.5 Å². The largest absolute Gasteiger partial charge is 0.467 e. The molecule has 4 rings (SSSR count). The van der Waals surface area contributed by atoms with E-state index in [-0.39, 0.29) is 17.9 Å². The maximum absolute atomic E-state index is 12.7. The van der Waals surface area contributed by atoms with Gasteiger partial charge >= 0.3 is 5.97 Å². The standard InChI is InChI=1S/C26H27N5O4/c1-15(32)28-24(26(34)35-2)13-19-18-5-3-4-6-21(18)29-23(19)14-20-22(30-31-25(20)33)12-9-16-7-10-17(27)11-8-16/h3-8,10-11,14,24H,9,12-13,27H2,1-2H3,(H,28,32)(H2,30,31,33). The number of aromatic nitrogens is 2. The van der Waals surface area contributed by atoms with Crippen molar-refractivity contribution in [2.45, 2.75) is 32.2 Å². The van der Waals surface area contributed by atoms with Crippen molar-refractivity contribution < 1.29 is 14.3 Å². The van der Waals surface area contributed by atoms with Crippen molar-refractivity contribution in [3.8, 4) is 0 Å². The summed E-state index contributed by atoms with van der Waals surface area (Å²) in [5, 5.41) is 9.85. The molecule has 0 radical (unpaired) electrons. The van der Waals surface area contributed by atoms with Gasteiger partial charge in [-0.05, 0) is 48.3 Å². The molecule has 0 spiro atoms. The molecule has 0 aliphatic carbocycles. The van der Waals surface area contributed by atoms with Crippen LogP contribution in [0.25, 0.3) is 11.6 Å². The number of nitrogen functional groups attached to an aromatic ring is 1. The number of carbonyl (C=O) groups excluding carboxylic acids is 2. The first-order chi connectivity index (χ1) is 16.9. The number of hydrogen-bond acceptors (Lipinski definition) is 6. The number of carbonyl (C=O) groups is 2. The molecule has 3 aromatic rings. The number of hydrogen-bond donors (Lipinski definition) is 4. The number of methoxy groups -OCH3 is 1. The minimum absolute atomic E-state index is 0.168. The summed E-state index contributed by atoms with van der Waals surface area (Å²) in [6, 6.07) is 14.3. The second-order valence-corrected chi connectivity index (χ2v) is 8.33. The number of para-hydroxylation sites is 1. The molecule has 2 heterocycles. The van der Waals surface area contributed by atoms with Gasteiger partial charge in [0.25, 0.3) is 5.56 Å². The normalized spacial score (nSPS) is 14.3. The van der Waals surface area contributed by atoms with Gasteiger partial charge in [-0.2, -0.15) is 0 Å². The van der Waals surface area contributed by atoms with Crippen LogP contribution < -0.4 is 27.2 Å². The van der Waals surface area contributed by atoms with Gasteiger partial charge < -0.3 is 20.9 Å². The van der Waals surface area contributed by atoms with Crippen LogP contribution in [-0.2, 0) is 27.2 Å².